The number of anilines is 1. The Morgan fingerprint density at radius 2 is 1.64 bits per heavy atom. The maximum Gasteiger partial charge on any atom is 0.162 e. The van der Waals surface area contributed by atoms with E-state index in [0.29, 0.717) is 17.7 Å². The Balaban J connectivity index is 2.70. The second-order valence-electron chi connectivity index (χ2n) is 10.9. The minimum atomic E-state index is -1.47. The fourth-order valence-electron chi connectivity index (χ4n) is 4.51. The van der Waals surface area contributed by atoms with Crippen molar-refractivity contribution in [3.63, 3.8) is 0 Å². The molecule has 2 nitrogen and oxygen atoms in total. The number of rotatable bonds is 12. The lowest BCUT2D eigenvalue weighted by Gasteiger charge is -2.41. The van der Waals surface area contributed by atoms with Crippen LogP contribution in [-0.4, -0.2) is 24.5 Å². The Labute approximate surface area is 233 Å². The summed E-state index contributed by atoms with van der Waals surface area (Å²) in [6.45, 7) is 23.5. The second kappa shape index (κ2) is 12.6. The molecular weight excluding hydrogens is 493 g/mol. The van der Waals surface area contributed by atoms with E-state index in [1.165, 1.54) is 6.07 Å². The smallest absolute Gasteiger partial charge is 0.162 e. The van der Waals surface area contributed by atoms with E-state index >= 15 is 0 Å². The van der Waals surface area contributed by atoms with Crippen LogP contribution in [-0.2, 0) is 18.5 Å². The lowest BCUT2D eigenvalue weighted by molar-refractivity contribution is 0.221. The van der Waals surface area contributed by atoms with Gasteiger partial charge >= 0.3 is 0 Å². The molecule has 0 saturated carbocycles. The third-order valence-corrected chi connectivity index (χ3v) is 7.72. The average molecular weight is 537 g/mol. The summed E-state index contributed by atoms with van der Waals surface area (Å²) in [6, 6.07) is 9.79. The maximum atomic E-state index is 14.9. The van der Waals surface area contributed by atoms with Crippen LogP contribution in [0, 0.1) is 11.6 Å². The van der Waals surface area contributed by atoms with Gasteiger partial charge in [-0.05, 0) is 87.1 Å². The Morgan fingerprint density at radius 1 is 1.00 bits per heavy atom. The molecule has 0 spiro atoms. The molecule has 0 atom stereocenters. The predicted octanol–water partition coefficient (Wildman–Crippen LogP) is 9.21. The topological polar surface area (TPSA) is 6.48 Å². The molecule has 0 amide bonds. The van der Waals surface area contributed by atoms with E-state index in [2.05, 4.69) is 33.6 Å². The van der Waals surface area contributed by atoms with E-state index in [9.17, 15) is 13.2 Å². The molecular formula is C34H43F3N2. The number of hydrogen-bond donors (Lipinski definition) is 0. The standard InChI is InChI=1S/C34H43F3N2/c1-12-14-16-23(3)39(11)34(8,9)24(4)29(22-27-17-15-18-30(35)32(27)36)25(5)38(10)31-20-19-28(33(6,7)37)21-26(31)13-2/h12,14-21H,1,3,5,13,22H2,2,4,6-11H3/b16-14-,29-24+. The minimum Gasteiger partial charge on any atom is -0.366 e. The van der Waals surface area contributed by atoms with Crippen molar-refractivity contribution in [2.75, 3.05) is 19.0 Å². The van der Waals surface area contributed by atoms with Gasteiger partial charge in [-0.25, -0.2) is 13.2 Å². The summed E-state index contributed by atoms with van der Waals surface area (Å²) >= 11 is 0. The van der Waals surface area contributed by atoms with E-state index in [-0.39, 0.29) is 12.0 Å². The first-order valence-corrected chi connectivity index (χ1v) is 13.2. The van der Waals surface area contributed by atoms with Gasteiger partial charge in [-0.15, -0.1) is 0 Å². The van der Waals surface area contributed by atoms with Crippen molar-refractivity contribution in [1.29, 1.82) is 0 Å². The van der Waals surface area contributed by atoms with Crippen molar-refractivity contribution in [3.8, 4) is 0 Å². The first-order chi connectivity index (χ1) is 18.1. The molecule has 0 heterocycles. The summed E-state index contributed by atoms with van der Waals surface area (Å²) in [6.07, 6.45) is 6.21. The molecule has 0 aliphatic carbocycles. The van der Waals surface area contributed by atoms with E-state index in [1.807, 2.05) is 62.0 Å². The molecule has 2 aromatic carbocycles. The molecule has 0 N–H and O–H groups in total. The molecule has 2 aromatic rings. The monoisotopic (exact) mass is 536 g/mol. The molecule has 0 fully saturated rings. The molecule has 0 unspecified atom stereocenters. The van der Waals surface area contributed by atoms with E-state index in [4.69, 9.17) is 0 Å². The van der Waals surface area contributed by atoms with Gasteiger partial charge in [0.2, 0.25) is 0 Å². The predicted molar refractivity (Wildman–Crippen MR) is 161 cm³/mol. The minimum absolute atomic E-state index is 0.141. The van der Waals surface area contributed by atoms with E-state index in [0.717, 1.165) is 34.2 Å². The number of alkyl halides is 1. The third-order valence-electron chi connectivity index (χ3n) is 7.72. The second-order valence-corrected chi connectivity index (χ2v) is 10.9. The quantitative estimate of drug-likeness (QED) is 0.250. The van der Waals surface area contributed by atoms with Crippen molar-refractivity contribution < 1.29 is 13.2 Å². The summed E-state index contributed by atoms with van der Waals surface area (Å²) in [4.78, 5) is 3.99. The molecule has 0 saturated heterocycles. The summed E-state index contributed by atoms with van der Waals surface area (Å²) in [5.41, 5.74) is 3.79. The van der Waals surface area contributed by atoms with E-state index < -0.39 is 22.8 Å². The van der Waals surface area contributed by atoms with Crippen LogP contribution in [0.2, 0.25) is 0 Å². The molecule has 210 valence electrons. The van der Waals surface area contributed by atoms with Crippen molar-refractivity contribution in [2.45, 2.75) is 65.6 Å². The number of hydrogen-bond acceptors (Lipinski definition) is 2. The zero-order chi connectivity index (χ0) is 29.7. The van der Waals surface area contributed by atoms with Gasteiger partial charge < -0.3 is 9.80 Å². The Morgan fingerprint density at radius 3 is 2.21 bits per heavy atom. The molecule has 0 aliphatic rings. The fraction of sp³-hybridized carbons (Fsp3) is 0.353. The maximum absolute atomic E-state index is 14.9. The highest BCUT2D eigenvalue weighted by atomic mass is 19.2. The van der Waals surface area contributed by atoms with Crippen LogP contribution in [0.15, 0.2) is 96.9 Å². The van der Waals surface area contributed by atoms with Crippen molar-refractivity contribution in [3.05, 3.63) is 125 Å². The average Bonchev–Trinajstić information content (AvgIpc) is 2.89. The zero-order valence-electron chi connectivity index (χ0n) is 24.8. The molecule has 0 aliphatic heterocycles. The van der Waals surface area contributed by atoms with Gasteiger partial charge in [0.15, 0.2) is 11.6 Å². The van der Waals surface area contributed by atoms with E-state index in [1.54, 1.807) is 32.1 Å². The molecule has 2 rings (SSSR count). The van der Waals surface area contributed by atoms with Crippen LogP contribution in [0.4, 0.5) is 18.9 Å². The summed E-state index contributed by atoms with van der Waals surface area (Å²) < 4.78 is 43.8. The summed E-state index contributed by atoms with van der Waals surface area (Å²) in [5, 5.41) is 0. The fourth-order valence-corrected chi connectivity index (χ4v) is 4.51. The highest BCUT2D eigenvalue weighted by Crippen LogP contribution is 2.37. The number of likely N-dealkylation sites (N-methyl/N-ethyl adjacent to an activating group) is 2. The zero-order valence-corrected chi connectivity index (χ0v) is 24.8. The molecule has 0 bridgehead atoms. The highest BCUT2D eigenvalue weighted by Gasteiger charge is 2.31. The van der Waals surface area contributed by atoms with Gasteiger partial charge in [0, 0.05) is 37.6 Å². The van der Waals surface area contributed by atoms with Crippen LogP contribution >= 0.6 is 0 Å². The van der Waals surface area contributed by atoms with Crippen LogP contribution in [0.25, 0.3) is 0 Å². The largest absolute Gasteiger partial charge is 0.366 e. The van der Waals surface area contributed by atoms with Crippen molar-refractivity contribution in [2.24, 2.45) is 0 Å². The number of allylic oxidation sites excluding steroid dienone is 4. The Bertz CT molecular complexity index is 1290. The normalized spacial score (nSPS) is 12.8. The number of halogens is 3. The molecule has 39 heavy (non-hydrogen) atoms. The summed E-state index contributed by atoms with van der Waals surface area (Å²) in [7, 11) is 3.84. The number of aryl methyl sites for hydroxylation is 1. The van der Waals surface area contributed by atoms with Gasteiger partial charge in [0.25, 0.3) is 0 Å². The molecule has 0 radical (unpaired) electrons. The lowest BCUT2D eigenvalue weighted by atomic mass is 9.85. The van der Waals surface area contributed by atoms with Crippen LogP contribution < -0.4 is 4.90 Å². The van der Waals surface area contributed by atoms with Gasteiger partial charge in [-0.2, -0.15) is 0 Å². The summed E-state index contributed by atoms with van der Waals surface area (Å²) in [5.74, 6) is -1.76. The van der Waals surface area contributed by atoms with Crippen LogP contribution in [0.1, 0.15) is 58.2 Å². The molecule has 0 aromatic heterocycles. The third kappa shape index (κ3) is 7.14. The Kier molecular flexibility index (Phi) is 10.2. The Hall–Kier alpha value is -3.47. The van der Waals surface area contributed by atoms with Gasteiger partial charge in [-0.3, -0.25) is 0 Å². The first-order valence-electron chi connectivity index (χ1n) is 13.2. The molecule has 5 heteroatoms. The highest BCUT2D eigenvalue weighted by molar-refractivity contribution is 5.62. The van der Waals surface area contributed by atoms with Crippen LogP contribution in [0.5, 0.6) is 0 Å². The number of benzene rings is 2. The van der Waals surface area contributed by atoms with Gasteiger partial charge in [0.05, 0.1) is 5.54 Å². The van der Waals surface area contributed by atoms with Crippen molar-refractivity contribution in [1.82, 2.24) is 4.90 Å². The van der Waals surface area contributed by atoms with Gasteiger partial charge in [-0.1, -0.05) is 63.1 Å². The van der Waals surface area contributed by atoms with Crippen molar-refractivity contribution >= 4 is 5.69 Å². The van der Waals surface area contributed by atoms with Crippen LogP contribution in [0.3, 0.4) is 0 Å². The van der Waals surface area contributed by atoms with Gasteiger partial charge in [0.1, 0.15) is 5.67 Å². The first kappa shape index (κ1) is 31.7. The SMILES string of the molecule is C=C/C=C\C(=C)N(C)C(C)(C)/C(C)=C(\Cc1cccc(F)c1F)C(=C)N(C)c1ccc(C(C)(C)F)cc1CC. The number of nitrogens with zero attached hydrogens (tertiary/aromatic N) is 2. The lowest BCUT2D eigenvalue weighted by Crippen LogP contribution is -2.42.